The third kappa shape index (κ3) is 0.627. The molecular weight excluding hydrogens is 92.1 g/mol. The summed E-state index contributed by atoms with van der Waals surface area (Å²) < 4.78 is 0. The summed E-state index contributed by atoms with van der Waals surface area (Å²) in [6, 6.07) is -0.0440. The Hall–Kier alpha value is -0.120. The Labute approximate surface area is 42.5 Å². The predicted octanol–water partition coefficient (Wildman–Crippen LogP) is -1.37. The van der Waals surface area contributed by atoms with Crippen LogP contribution in [0.3, 0.4) is 0 Å². The van der Waals surface area contributed by atoms with Crippen molar-refractivity contribution >= 4 is 0 Å². The molecule has 1 aliphatic rings. The fourth-order valence-electron chi connectivity index (χ4n) is 0.564. The summed E-state index contributed by atoms with van der Waals surface area (Å²) in [7, 11) is 1.70. The number of rotatable bonds is 1. The Kier molecular flexibility index (Phi) is 0.849. The van der Waals surface area contributed by atoms with E-state index in [0.717, 1.165) is 0 Å². The Balaban J connectivity index is 2.36. The number of nitrogens with one attached hydrogen (secondary N) is 1. The van der Waals surface area contributed by atoms with Gasteiger partial charge in [-0.25, -0.2) is 0 Å². The molecule has 0 heterocycles. The molecule has 42 valence electrons. The maximum Gasteiger partial charge on any atom is 0.132 e. The molecule has 1 rings (SSSR count). The van der Waals surface area contributed by atoms with Gasteiger partial charge in [-0.3, -0.25) is 5.32 Å². The van der Waals surface area contributed by atoms with Crippen LogP contribution in [0.25, 0.3) is 0 Å². The van der Waals surface area contributed by atoms with Crippen LogP contribution in [0.4, 0.5) is 0 Å². The second-order valence-corrected chi connectivity index (χ2v) is 1.98. The van der Waals surface area contributed by atoms with E-state index in [1.807, 2.05) is 0 Å². The maximum absolute atomic E-state index is 8.97. The molecule has 0 radical (unpaired) electrons. The van der Waals surface area contributed by atoms with Gasteiger partial charge in [0, 0.05) is 6.42 Å². The Morgan fingerprint density at radius 1 is 2.00 bits per heavy atom. The highest BCUT2D eigenvalue weighted by Gasteiger charge is 2.49. The van der Waals surface area contributed by atoms with Gasteiger partial charge in [0.25, 0.3) is 0 Å². The van der Waals surface area contributed by atoms with Crippen LogP contribution in [0, 0.1) is 0 Å². The number of hydrogen-bond donors (Lipinski definition) is 3. The largest absolute Gasteiger partial charge is 0.374 e. The molecule has 3 nitrogen and oxygen atoms in total. The van der Waals surface area contributed by atoms with Gasteiger partial charge in [-0.2, -0.15) is 0 Å². The van der Waals surface area contributed by atoms with Gasteiger partial charge < -0.3 is 10.8 Å². The van der Waals surface area contributed by atoms with Crippen molar-refractivity contribution in [2.75, 3.05) is 7.05 Å². The molecule has 2 atom stereocenters. The second kappa shape index (κ2) is 1.18. The van der Waals surface area contributed by atoms with Gasteiger partial charge in [-0.05, 0) is 7.05 Å². The van der Waals surface area contributed by atoms with E-state index in [-0.39, 0.29) is 6.04 Å². The molecule has 0 aliphatic heterocycles. The minimum absolute atomic E-state index is 0.0440. The molecule has 0 bridgehead atoms. The average molecular weight is 102 g/mol. The van der Waals surface area contributed by atoms with Crippen LogP contribution in [-0.4, -0.2) is 23.9 Å². The Morgan fingerprint density at radius 2 is 2.43 bits per heavy atom. The van der Waals surface area contributed by atoms with Gasteiger partial charge in [0.05, 0.1) is 6.04 Å². The predicted molar refractivity (Wildman–Crippen MR) is 26.6 cm³/mol. The molecule has 1 saturated carbocycles. The number of hydrogen-bond acceptors (Lipinski definition) is 3. The van der Waals surface area contributed by atoms with Crippen LogP contribution in [0.1, 0.15) is 6.42 Å². The van der Waals surface area contributed by atoms with Gasteiger partial charge in [0.15, 0.2) is 0 Å². The van der Waals surface area contributed by atoms with Crippen LogP contribution in [0.5, 0.6) is 0 Å². The smallest absolute Gasteiger partial charge is 0.132 e. The first-order chi connectivity index (χ1) is 3.19. The normalized spacial score (nSPS) is 49.3. The lowest BCUT2D eigenvalue weighted by molar-refractivity contribution is 0.115. The van der Waals surface area contributed by atoms with Crippen LogP contribution in [0.15, 0.2) is 0 Å². The number of nitrogens with two attached hydrogens (primary N) is 1. The van der Waals surface area contributed by atoms with Gasteiger partial charge in [-0.1, -0.05) is 0 Å². The number of likely N-dealkylation sites (N-methyl/N-ethyl adjacent to an activating group) is 1. The third-order valence-electron chi connectivity index (χ3n) is 1.42. The van der Waals surface area contributed by atoms with E-state index in [1.54, 1.807) is 7.05 Å². The minimum atomic E-state index is -0.722. The average Bonchev–Trinajstić information content (AvgIpc) is 2.18. The van der Waals surface area contributed by atoms with E-state index in [2.05, 4.69) is 5.32 Å². The lowest BCUT2D eigenvalue weighted by Gasteiger charge is -2.03. The molecule has 0 saturated heterocycles. The van der Waals surface area contributed by atoms with E-state index in [9.17, 15) is 0 Å². The van der Waals surface area contributed by atoms with Gasteiger partial charge >= 0.3 is 0 Å². The first-order valence-corrected chi connectivity index (χ1v) is 2.36. The van der Waals surface area contributed by atoms with Crippen molar-refractivity contribution in [1.82, 2.24) is 5.32 Å². The van der Waals surface area contributed by atoms with E-state index in [1.165, 1.54) is 0 Å². The molecule has 1 fully saturated rings. The highest BCUT2D eigenvalue weighted by molar-refractivity contribution is 5.04. The third-order valence-corrected chi connectivity index (χ3v) is 1.42. The molecule has 1 aliphatic carbocycles. The SMILES string of the molecule is CNC1(O)CC1N. The molecule has 4 N–H and O–H groups in total. The summed E-state index contributed by atoms with van der Waals surface area (Å²) in [6.07, 6.45) is 0.684. The molecule has 7 heavy (non-hydrogen) atoms. The molecule has 0 aromatic rings. The zero-order valence-electron chi connectivity index (χ0n) is 4.31. The number of aliphatic hydroxyl groups is 1. The molecule has 0 spiro atoms. The summed E-state index contributed by atoms with van der Waals surface area (Å²) in [6.45, 7) is 0. The molecule has 0 aromatic heterocycles. The molecule has 2 unspecified atom stereocenters. The maximum atomic E-state index is 8.97. The highest BCUT2D eigenvalue weighted by Crippen LogP contribution is 2.29. The monoisotopic (exact) mass is 102 g/mol. The first-order valence-electron chi connectivity index (χ1n) is 2.36. The topological polar surface area (TPSA) is 58.3 Å². The van der Waals surface area contributed by atoms with Gasteiger partial charge in [0.1, 0.15) is 5.72 Å². The van der Waals surface area contributed by atoms with Crippen LogP contribution in [-0.2, 0) is 0 Å². The fraction of sp³-hybridized carbons (Fsp3) is 1.00. The quantitative estimate of drug-likeness (QED) is 0.358. The van der Waals surface area contributed by atoms with Crippen LogP contribution < -0.4 is 11.1 Å². The summed E-state index contributed by atoms with van der Waals surface area (Å²) in [5.41, 5.74) is 4.58. The van der Waals surface area contributed by atoms with E-state index >= 15 is 0 Å². The minimum Gasteiger partial charge on any atom is -0.374 e. The first kappa shape index (κ1) is 5.03. The van der Waals surface area contributed by atoms with E-state index in [0.29, 0.717) is 6.42 Å². The van der Waals surface area contributed by atoms with Crippen molar-refractivity contribution in [3.05, 3.63) is 0 Å². The van der Waals surface area contributed by atoms with Crippen molar-refractivity contribution < 1.29 is 5.11 Å². The van der Waals surface area contributed by atoms with Crippen LogP contribution >= 0.6 is 0 Å². The summed E-state index contributed by atoms with van der Waals surface area (Å²) >= 11 is 0. The Bertz CT molecular complexity index is 81.8. The summed E-state index contributed by atoms with van der Waals surface area (Å²) in [4.78, 5) is 0. The van der Waals surface area contributed by atoms with Crippen molar-refractivity contribution in [1.29, 1.82) is 0 Å². The Morgan fingerprint density at radius 3 is 2.43 bits per heavy atom. The molecule has 0 amide bonds. The van der Waals surface area contributed by atoms with Crippen molar-refractivity contribution in [2.45, 2.75) is 18.2 Å². The van der Waals surface area contributed by atoms with Gasteiger partial charge in [-0.15, -0.1) is 0 Å². The second-order valence-electron chi connectivity index (χ2n) is 1.98. The summed E-state index contributed by atoms with van der Waals surface area (Å²) in [5, 5.41) is 11.7. The zero-order valence-corrected chi connectivity index (χ0v) is 4.31. The fourth-order valence-corrected chi connectivity index (χ4v) is 0.564. The van der Waals surface area contributed by atoms with E-state index < -0.39 is 5.72 Å². The molecular formula is C4H10N2O. The van der Waals surface area contributed by atoms with E-state index in [4.69, 9.17) is 10.8 Å². The zero-order chi connectivity index (χ0) is 5.49. The summed E-state index contributed by atoms with van der Waals surface area (Å²) in [5.74, 6) is 0. The lowest BCUT2D eigenvalue weighted by atomic mass is 10.6. The highest BCUT2D eigenvalue weighted by atomic mass is 16.3. The van der Waals surface area contributed by atoms with Crippen molar-refractivity contribution in [3.8, 4) is 0 Å². The standard InChI is InChI=1S/C4H10N2O/c1-6-4(7)2-3(4)5/h3,6-7H,2,5H2,1H3. The van der Waals surface area contributed by atoms with Crippen LogP contribution in [0.2, 0.25) is 0 Å². The van der Waals surface area contributed by atoms with Gasteiger partial charge in [0.2, 0.25) is 0 Å². The van der Waals surface area contributed by atoms with Crippen molar-refractivity contribution in [3.63, 3.8) is 0 Å². The van der Waals surface area contributed by atoms with Crippen molar-refractivity contribution in [2.24, 2.45) is 5.73 Å². The molecule has 3 heteroatoms. The lowest BCUT2D eigenvalue weighted by Crippen LogP contribution is -2.33. The molecule has 0 aromatic carbocycles.